The molecule has 0 unspecified atom stereocenters. The number of aromatic nitrogens is 1. The molecule has 4 N–H and O–H groups in total. The first-order valence-corrected chi connectivity index (χ1v) is 9.15. The van der Waals surface area contributed by atoms with Gasteiger partial charge in [-0.1, -0.05) is 6.07 Å². The Morgan fingerprint density at radius 1 is 1.22 bits per heavy atom. The molecule has 6 nitrogen and oxygen atoms in total. The number of hydrogen-bond donors (Lipinski definition) is 3. The van der Waals surface area contributed by atoms with E-state index in [4.69, 9.17) is 5.73 Å². The number of thiophene rings is 1. The summed E-state index contributed by atoms with van der Waals surface area (Å²) in [5, 5.41) is 2.48. The average molecular weight is 349 g/mol. The predicted molar refractivity (Wildman–Crippen MR) is 91.4 cm³/mol. The summed E-state index contributed by atoms with van der Waals surface area (Å²) in [6.45, 7) is 3.62. The maximum atomic E-state index is 12.5. The van der Waals surface area contributed by atoms with E-state index >= 15 is 0 Å². The van der Waals surface area contributed by atoms with Crippen LogP contribution in [0.4, 0.5) is 5.69 Å². The summed E-state index contributed by atoms with van der Waals surface area (Å²) >= 11 is 1.16. The molecule has 0 spiro atoms. The predicted octanol–water partition coefficient (Wildman–Crippen LogP) is 2.75. The molecule has 0 saturated heterocycles. The Kier molecular flexibility index (Phi) is 3.65. The van der Waals surface area contributed by atoms with Gasteiger partial charge in [0.15, 0.2) is 0 Å². The summed E-state index contributed by atoms with van der Waals surface area (Å²) in [5.74, 6) is -0.594. The van der Waals surface area contributed by atoms with E-state index < -0.39 is 15.9 Å². The monoisotopic (exact) mass is 349 g/mol. The van der Waals surface area contributed by atoms with Crippen LogP contribution in [0, 0.1) is 13.8 Å². The van der Waals surface area contributed by atoms with Crippen molar-refractivity contribution < 1.29 is 13.2 Å². The number of nitrogens with two attached hydrogens (primary N) is 1. The highest BCUT2D eigenvalue weighted by atomic mass is 32.2. The lowest BCUT2D eigenvalue weighted by atomic mass is 10.1. The number of rotatable bonds is 4. The number of sulfonamides is 1. The molecule has 3 aromatic rings. The number of fused-ring (bicyclic) bond motifs is 1. The minimum Gasteiger partial charge on any atom is -0.364 e. The zero-order valence-electron chi connectivity index (χ0n) is 12.5. The van der Waals surface area contributed by atoms with E-state index in [1.54, 1.807) is 36.6 Å². The van der Waals surface area contributed by atoms with E-state index in [1.165, 1.54) is 0 Å². The van der Waals surface area contributed by atoms with E-state index in [-0.39, 0.29) is 9.90 Å². The molecule has 0 aliphatic carbocycles. The molecule has 0 bridgehead atoms. The van der Waals surface area contributed by atoms with Crippen molar-refractivity contribution in [3.05, 3.63) is 46.5 Å². The Morgan fingerprint density at radius 3 is 2.57 bits per heavy atom. The van der Waals surface area contributed by atoms with E-state index in [1.807, 2.05) is 6.92 Å². The molecule has 0 saturated carbocycles. The van der Waals surface area contributed by atoms with Crippen molar-refractivity contribution in [3.8, 4) is 0 Å². The van der Waals surface area contributed by atoms with Gasteiger partial charge < -0.3 is 10.7 Å². The van der Waals surface area contributed by atoms with Crippen LogP contribution in [0.3, 0.4) is 0 Å². The number of benzene rings is 1. The molecule has 2 heterocycles. The number of aromatic amines is 1. The van der Waals surface area contributed by atoms with Crippen molar-refractivity contribution in [1.82, 2.24) is 4.98 Å². The van der Waals surface area contributed by atoms with Crippen LogP contribution in [0.5, 0.6) is 0 Å². The summed E-state index contributed by atoms with van der Waals surface area (Å²) < 4.78 is 27.9. The van der Waals surface area contributed by atoms with Crippen molar-refractivity contribution in [3.63, 3.8) is 0 Å². The molecule has 0 radical (unpaired) electrons. The summed E-state index contributed by atoms with van der Waals surface area (Å²) in [5.41, 5.74) is 8.06. The topological polar surface area (TPSA) is 105 Å². The maximum Gasteiger partial charge on any atom is 0.271 e. The first-order chi connectivity index (χ1) is 10.8. The SMILES string of the molecule is Cc1ccsc1S(=O)(=O)Nc1ccc(C)c2cc(C(N)=O)[nH]c12. The molecule has 8 heteroatoms. The van der Waals surface area contributed by atoms with Crippen LogP contribution in [-0.2, 0) is 10.0 Å². The molecule has 23 heavy (non-hydrogen) atoms. The van der Waals surface area contributed by atoms with Crippen molar-refractivity contribution in [2.75, 3.05) is 4.72 Å². The van der Waals surface area contributed by atoms with Gasteiger partial charge in [-0.15, -0.1) is 11.3 Å². The largest absolute Gasteiger partial charge is 0.364 e. The fourth-order valence-electron chi connectivity index (χ4n) is 2.40. The number of hydrogen-bond acceptors (Lipinski definition) is 4. The number of carbonyl (C=O) groups excluding carboxylic acids is 1. The third-order valence-electron chi connectivity index (χ3n) is 3.58. The molecule has 2 aromatic heterocycles. The number of anilines is 1. The van der Waals surface area contributed by atoms with Crippen molar-refractivity contribution >= 4 is 43.9 Å². The highest BCUT2D eigenvalue weighted by molar-refractivity contribution is 7.94. The number of carbonyl (C=O) groups is 1. The Hall–Kier alpha value is -2.32. The quantitative estimate of drug-likeness (QED) is 0.674. The lowest BCUT2D eigenvalue weighted by molar-refractivity contribution is 0.0996. The van der Waals surface area contributed by atoms with Gasteiger partial charge in [0.2, 0.25) is 0 Å². The number of H-pyrrole nitrogens is 1. The van der Waals surface area contributed by atoms with E-state index in [0.29, 0.717) is 16.8 Å². The normalized spacial score (nSPS) is 11.7. The average Bonchev–Trinajstić information content (AvgIpc) is 3.09. The van der Waals surface area contributed by atoms with Crippen LogP contribution < -0.4 is 10.5 Å². The number of primary amides is 1. The summed E-state index contributed by atoms with van der Waals surface area (Å²) in [6.07, 6.45) is 0. The van der Waals surface area contributed by atoms with Crippen LogP contribution in [0.15, 0.2) is 33.9 Å². The standard InChI is InChI=1S/C15H15N3O3S2/c1-8-3-4-11(13-10(8)7-12(17-13)14(16)19)18-23(20,21)15-9(2)5-6-22-15/h3-7,17-18H,1-2H3,(H2,16,19). The lowest BCUT2D eigenvalue weighted by Crippen LogP contribution is -2.13. The Bertz CT molecular complexity index is 1020. The van der Waals surface area contributed by atoms with Gasteiger partial charge in [-0.25, -0.2) is 8.42 Å². The molecule has 0 atom stereocenters. The second-order valence-corrected chi connectivity index (χ2v) is 8.06. The first-order valence-electron chi connectivity index (χ1n) is 6.78. The van der Waals surface area contributed by atoms with E-state index in [2.05, 4.69) is 9.71 Å². The van der Waals surface area contributed by atoms with Gasteiger partial charge in [-0.05, 0) is 48.6 Å². The van der Waals surface area contributed by atoms with E-state index in [9.17, 15) is 13.2 Å². The van der Waals surface area contributed by atoms with Crippen LogP contribution in [0.2, 0.25) is 0 Å². The second kappa shape index (κ2) is 5.39. The Labute approximate surface area is 137 Å². The number of aryl methyl sites for hydroxylation is 2. The molecular weight excluding hydrogens is 334 g/mol. The molecule has 1 amide bonds. The molecule has 1 aromatic carbocycles. The second-order valence-electron chi connectivity index (χ2n) is 5.26. The number of amides is 1. The van der Waals surface area contributed by atoms with Gasteiger partial charge in [-0.3, -0.25) is 9.52 Å². The third kappa shape index (κ3) is 2.71. The third-order valence-corrected chi connectivity index (χ3v) is 6.63. The van der Waals surface area contributed by atoms with Crippen molar-refractivity contribution in [1.29, 1.82) is 0 Å². The lowest BCUT2D eigenvalue weighted by Gasteiger charge is -2.09. The van der Waals surface area contributed by atoms with Gasteiger partial charge in [0, 0.05) is 5.39 Å². The highest BCUT2D eigenvalue weighted by Crippen LogP contribution is 2.30. The summed E-state index contributed by atoms with van der Waals surface area (Å²) in [4.78, 5) is 14.3. The van der Waals surface area contributed by atoms with Crippen LogP contribution in [0.25, 0.3) is 10.9 Å². The molecule has 0 aliphatic rings. The smallest absolute Gasteiger partial charge is 0.271 e. The van der Waals surface area contributed by atoms with Crippen molar-refractivity contribution in [2.45, 2.75) is 18.1 Å². The maximum absolute atomic E-state index is 12.5. The van der Waals surface area contributed by atoms with Crippen LogP contribution in [0.1, 0.15) is 21.6 Å². The summed E-state index contributed by atoms with van der Waals surface area (Å²) in [6, 6.07) is 6.84. The van der Waals surface area contributed by atoms with Gasteiger partial charge >= 0.3 is 0 Å². The zero-order valence-corrected chi connectivity index (χ0v) is 14.1. The van der Waals surface area contributed by atoms with Crippen LogP contribution in [-0.4, -0.2) is 19.3 Å². The molecule has 120 valence electrons. The van der Waals surface area contributed by atoms with Gasteiger partial charge in [0.25, 0.3) is 15.9 Å². The Balaban J connectivity index is 2.12. The van der Waals surface area contributed by atoms with E-state index in [0.717, 1.165) is 22.3 Å². The fraction of sp³-hybridized carbons (Fsp3) is 0.133. The number of nitrogens with one attached hydrogen (secondary N) is 2. The van der Waals surface area contributed by atoms with Crippen LogP contribution >= 0.6 is 11.3 Å². The molecule has 0 fully saturated rings. The molecule has 0 aliphatic heterocycles. The van der Waals surface area contributed by atoms with Gasteiger partial charge in [0.05, 0.1) is 11.2 Å². The van der Waals surface area contributed by atoms with Gasteiger partial charge in [-0.2, -0.15) is 0 Å². The van der Waals surface area contributed by atoms with Crippen molar-refractivity contribution in [2.24, 2.45) is 5.73 Å². The first kappa shape index (κ1) is 15.6. The molecular formula is C15H15N3O3S2. The minimum atomic E-state index is -3.68. The fourth-order valence-corrected chi connectivity index (χ4v) is 4.89. The summed E-state index contributed by atoms with van der Waals surface area (Å²) in [7, 11) is -3.68. The minimum absolute atomic E-state index is 0.238. The molecule has 3 rings (SSSR count). The Morgan fingerprint density at radius 2 is 1.96 bits per heavy atom. The zero-order chi connectivity index (χ0) is 16.8. The highest BCUT2D eigenvalue weighted by Gasteiger charge is 2.20. The van der Waals surface area contributed by atoms with Gasteiger partial charge in [0.1, 0.15) is 9.90 Å².